The summed E-state index contributed by atoms with van der Waals surface area (Å²) in [4.78, 5) is 40.7. The second-order valence-electron chi connectivity index (χ2n) is 9.45. The first-order valence-corrected chi connectivity index (χ1v) is 13.0. The number of hydrogen-bond donors (Lipinski definition) is 2. The topological polar surface area (TPSA) is 126 Å². The van der Waals surface area contributed by atoms with Gasteiger partial charge < -0.3 is 10.2 Å². The first kappa shape index (κ1) is 26.2. The maximum Gasteiger partial charge on any atom is 0.354 e. The van der Waals surface area contributed by atoms with Crippen molar-refractivity contribution in [1.82, 2.24) is 19.9 Å². The monoisotopic (exact) mass is 550 g/mol. The van der Waals surface area contributed by atoms with E-state index >= 15 is 0 Å². The van der Waals surface area contributed by atoms with E-state index in [2.05, 4.69) is 19.9 Å². The molecule has 0 radical (unpaired) electrons. The highest BCUT2D eigenvalue weighted by Crippen LogP contribution is 2.31. The van der Waals surface area contributed by atoms with E-state index in [1.165, 1.54) is 0 Å². The summed E-state index contributed by atoms with van der Waals surface area (Å²) in [7, 11) is 0. The van der Waals surface area contributed by atoms with Crippen molar-refractivity contribution in [2.45, 2.75) is 0 Å². The molecule has 0 saturated carbocycles. The molecule has 0 unspecified atom stereocenters. The molecule has 0 atom stereocenters. The molecule has 0 amide bonds. The van der Waals surface area contributed by atoms with Crippen LogP contribution in [0.1, 0.15) is 21.0 Å². The van der Waals surface area contributed by atoms with E-state index in [0.717, 1.165) is 33.4 Å². The maximum absolute atomic E-state index is 11.8. The Labute approximate surface area is 240 Å². The number of benzene rings is 2. The average Bonchev–Trinajstić information content (AvgIpc) is 3.05. The molecule has 202 valence electrons. The molecule has 0 aliphatic rings. The SMILES string of the molecule is O=C(O)c1cc(-c2ccc(-c3ccc(-c4cc(C(=O)O)nc(-c5ccccn5)c4)cc3)cc2)cc(-c2ccccn2)n1. The van der Waals surface area contributed by atoms with Crippen LogP contribution in [0.25, 0.3) is 56.2 Å². The molecule has 42 heavy (non-hydrogen) atoms. The molecule has 8 heteroatoms. The summed E-state index contributed by atoms with van der Waals surface area (Å²) < 4.78 is 0. The van der Waals surface area contributed by atoms with Crippen molar-refractivity contribution in [3.8, 4) is 56.2 Å². The van der Waals surface area contributed by atoms with Crippen molar-refractivity contribution in [1.29, 1.82) is 0 Å². The van der Waals surface area contributed by atoms with Crippen LogP contribution in [-0.2, 0) is 0 Å². The molecule has 2 aromatic carbocycles. The molecule has 6 rings (SSSR count). The second-order valence-corrected chi connectivity index (χ2v) is 9.45. The van der Waals surface area contributed by atoms with Gasteiger partial charge in [-0.3, -0.25) is 9.97 Å². The Balaban J connectivity index is 1.30. The van der Waals surface area contributed by atoms with Gasteiger partial charge in [0.2, 0.25) is 0 Å². The fourth-order valence-electron chi connectivity index (χ4n) is 4.61. The third-order valence-corrected chi connectivity index (χ3v) is 6.71. The standard InChI is InChI=1S/C34H22N4O4/c39-33(40)31-19-25(17-29(37-31)27-5-1-3-15-35-27)23-11-7-21(8-12-23)22-9-13-24(14-10-22)26-18-30(28-6-2-4-16-36-28)38-32(20-26)34(41)42/h1-20H,(H,39,40)(H,41,42). The highest BCUT2D eigenvalue weighted by atomic mass is 16.4. The van der Waals surface area contributed by atoms with Crippen molar-refractivity contribution in [3.63, 3.8) is 0 Å². The van der Waals surface area contributed by atoms with E-state index in [-0.39, 0.29) is 11.4 Å². The number of rotatable bonds is 7. The quantitative estimate of drug-likeness (QED) is 0.218. The van der Waals surface area contributed by atoms with Crippen molar-refractivity contribution < 1.29 is 19.8 Å². The van der Waals surface area contributed by atoms with Crippen LogP contribution in [0.2, 0.25) is 0 Å². The molecule has 6 aromatic rings. The number of hydrogen-bond acceptors (Lipinski definition) is 6. The zero-order valence-electron chi connectivity index (χ0n) is 22.0. The molecule has 0 spiro atoms. The first-order valence-electron chi connectivity index (χ1n) is 13.0. The number of carboxylic acid groups (broad SMARTS) is 2. The number of aromatic carboxylic acids is 2. The van der Waals surface area contributed by atoms with Crippen LogP contribution in [0, 0.1) is 0 Å². The van der Waals surface area contributed by atoms with E-state index in [9.17, 15) is 19.8 Å². The predicted molar refractivity (Wildman–Crippen MR) is 159 cm³/mol. The van der Waals surface area contributed by atoms with Crippen LogP contribution in [0.3, 0.4) is 0 Å². The van der Waals surface area contributed by atoms with Gasteiger partial charge in [0.15, 0.2) is 0 Å². The van der Waals surface area contributed by atoms with Crippen molar-refractivity contribution in [3.05, 3.63) is 133 Å². The number of pyridine rings is 4. The van der Waals surface area contributed by atoms with Crippen LogP contribution >= 0.6 is 0 Å². The normalized spacial score (nSPS) is 10.8. The largest absolute Gasteiger partial charge is 0.477 e. The van der Waals surface area contributed by atoms with E-state index in [4.69, 9.17) is 0 Å². The molecule has 0 aliphatic heterocycles. The van der Waals surface area contributed by atoms with Gasteiger partial charge in [-0.2, -0.15) is 0 Å². The Kier molecular flexibility index (Phi) is 7.01. The van der Waals surface area contributed by atoms with Gasteiger partial charge in [0.25, 0.3) is 0 Å². The average molecular weight is 551 g/mol. The molecular formula is C34H22N4O4. The van der Waals surface area contributed by atoms with Gasteiger partial charge in [-0.15, -0.1) is 0 Å². The lowest BCUT2D eigenvalue weighted by atomic mass is 9.97. The number of nitrogens with zero attached hydrogens (tertiary/aromatic N) is 4. The molecule has 8 nitrogen and oxygen atoms in total. The lowest BCUT2D eigenvalue weighted by Gasteiger charge is -2.10. The molecule has 0 fully saturated rings. The van der Waals surface area contributed by atoms with E-state index in [1.54, 1.807) is 48.8 Å². The first-order chi connectivity index (χ1) is 20.4. The van der Waals surface area contributed by atoms with Crippen molar-refractivity contribution in [2.75, 3.05) is 0 Å². The Bertz CT molecular complexity index is 1770. The summed E-state index contributed by atoms with van der Waals surface area (Å²) in [6.07, 6.45) is 3.28. The number of carbonyl (C=O) groups is 2. The van der Waals surface area contributed by atoms with Crippen LogP contribution in [0.15, 0.2) is 122 Å². The van der Waals surface area contributed by atoms with Gasteiger partial charge in [-0.25, -0.2) is 19.6 Å². The minimum Gasteiger partial charge on any atom is -0.477 e. The van der Waals surface area contributed by atoms with Crippen LogP contribution in [0.5, 0.6) is 0 Å². The lowest BCUT2D eigenvalue weighted by Crippen LogP contribution is -2.02. The van der Waals surface area contributed by atoms with Gasteiger partial charge in [0.05, 0.1) is 22.8 Å². The molecule has 4 heterocycles. The Morgan fingerprint density at radius 3 is 1.10 bits per heavy atom. The lowest BCUT2D eigenvalue weighted by molar-refractivity contribution is 0.0680. The highest BCUT2D eigenvalue weighted by molar-refractivity contribution is 5.89. The fourth-order valence-corrected chi connectivity index (χ4v) is 4.61. The zero-order valence-corrected chi connectivity index (χ0v) is 22.0. The van der Waals surface area contributed by atoms with Crippen LogP contribution < -0.4 is 0 Å². The second kappa shape index (κ2) is 11.2. The molecule has 0 bridgehead atoms. The molecule has 0 aliphatic carbocycles. The Morgan fingerprint density at radius 2 is 0.786 bits per heavy atom. The van der Waals surface area contributed by atoms with E-state index in [0.29, 0.717) is 22.8 Å². The summed E-state index contributed by atoms with van der Waals surface area (Å²) in [5.74, 6) is -2.22. The summed E-state index contributed by atoms with van der Waals surface area (Å²) >= 11 is 0. The van der Waals surface area contributed by atoms with Gasteiger partial charge >= 0.3 is 11.9 Å². The Hall–Kier alpha value is -6.02. The smallest absolute Gasteiger partial charge is 0.354 e. The minimum absolute atomic E-state index is 0.0545. The molecular weight excluding hydrogens is 528 g/mol. The molecule has 0 saturated heterocycles. The summed E-state index contributed by atoms with van der Waals surface area (Å²) in [5, 5.41) is 19.2. The van der Waals surface area contributed by atoms with Gasteiger partial charge in [0.1, 0.15) is 11.4 Å². The Morgan fingerprint density at radius 1 is 0.429 bits per heavy atom. The van der Waals surface area contributed by atoms with Gasteiger partial charge in [-0.05, 0) is 81.9 Å². The van der Waals surface area contributed by atoms with Crippen molar-refractivity contribution in [2.24, 2.45) is 0 Å². The summed E-state index contributed by atoms with van der Waals surface area (Å²) in [5.41, 5.74) is 7.12. The van der Waals surface area contributed by atoms with Crippen LogP contribution in [-0.4, -0.2) is 42.1 Å². The maximum atomic E-state index is 11.8. The number of carboxylic acids is 2. The van der Waals surface area contributed by atoms with Gasteiger partial charge in [-0.1, -0.05) is 60.7 Å². The molecule has 2 N–H and O–H groups in total. The van der Waals surface area contributed by atoms with Crippen molar-refractivity contribution >= 4 is 11.9 Å². The fraction of sp³-hybridized carbons (Fsp3) is 0. The zero-order chi connectivity index (χ0) is 29.1. The summed E-state index contributed by atoms with van der Waals surface area (Å²) in [6, 6.07) is 33.2. The highest BCUT2D eigenvalue weighted by Gasteiger charge is 2.14. The summed E-state index contributed by atoms with van der Waals surface area (Å²) in [6.45, 7) is 0. The predicted octanol–water partition coefficient (Wildman–Crippen LogP) is 7.00. The van der Waals surface area contributed by atoms with E-state index in [1.807, 2.05) is 72.8 Å². The van der Waals surface area contributed by atoms with E-state index < -0.39 is 11.9 Å². The third-order valence-electron chi connectivity index (χ3n) is 6.71. The minimum atomic E-state index is -1.11. The third kappa shape index (κ3) is 5.50. The van der Waals surface area contributed by atoms with Crippen LogP contribution in [0.4, 0.5) is 0 Å². The number of aromatic nitrogens is 4. The van der Waals surface area contributed by atoms with Gasteiger partial charge in [0, 0.05) is 12.4 Å². The molecule has 4 aromatic heterocycles.